The summed E-state index contributed by atoms with van der Waals surface area (Å²) >= 11 is 5.39. The van der Waals surface area contributed by atoms with Gasteiger partial charge in [-0.2, -0.15) is 8.78 Å². The molecule has 134 valence electrons. The van der Waals surface area contributed by atoms with Gasteiger partial charge >= 0.3 is 6.61 Å². The number of hydrogen-bond donors (Lipinski definition) is 1. The van der Waals surface area contributed by atoms with E-state index in [1.54, 1.807) is 12.1 Å². The standard InChI is InChI=1S/C18H20F2N2O2S/c1-12-4-7-14(8-5-12)21-18(25)22(2)11-13-6-9-15(24-17(19)20)16(10-13)23-3/h4-10,17H,11H2,1-3H3,(H,21,25). The molecule has 0 bridgehead atoms. The van der Waals surface area contributed by atoms with Crippen LogP contribution in [0.4, 0.5) is 14.5 Å². The van der Waals surface area contributed by atoms with Crippen molar-refractivity contribution in [3.05, 3.63) is 53.6 Å². The van der Waals surface area contributed by atoms with Crippen LogP contribution >= 0.6 is 12.2 Å². The Kier molecular flexibility index (Phi) is 6.52. The first-order valence-corrected chi connectivity index (χ1v) is 8.00. The van der Waals surface area contributed by atoms with Gasteiger partial charge in [0.05, 0.1) is 7.11 Å². The van der Waals surface area contributed by atoms with Crippen molar-refractivity contribution >= 4 is 23.0 Å². The highest BCUT2D eigenvalue weighted by atomic mass is 32.1. The molecular weight excluding hydrogens is 346 g/mol. The SMILES string of the molecule is COc1cc(CN(C)C(=S)Nc2ccc(C)cc2)ccc1OC(F)F. The third-order valence-electron chi connectivity index (χ3n) is 3.51. The van der Waals surface area contributed by atoms with Crippen LogP contribution in [0.2, 0.25) is 0 Å². The average molecular weight is 366 g/mol. The monoisotopic (exact) mass is 366 g/mol. The number of nitrogens with one attached hydrogen (secondary N) is 1. The Labute approximate surface area is 151 Å². The molecule has 7 heteroatoms. The molecule has 0 saturated carbocycles. The van der Waals surface area contributed by atoms with E-state index in [0.717, 1.165) is 11.3 Å². The van der Waals surface area contributed by atoms with Crippen molar-refractivity contribution in [1.82, 2.24) is 4.90 Å². The van der Waals surface area contributed by atoms with Crippen LogP contribution in [-0.4, -0.2) is 30.8 Å². The van der Waals surface area contributed by atoms with Crippen LogP contribution in [0.15, 0.2) is 42.5 Å². The smallest absolute Gasteiger partial charge is 0.387 e. The Bertz CT molecular complexity index is 724. The molecule has 0 atom stereocenters. The van der Waals surface area contributed by atoms with E-state index >= 15 is 0 Å². The van der Waals surface area contributed by atoms with E-state index in [0.29, 0.717) is 11.7 Å². The third-order valence-corrected chi connectivity index (χ3v) is 3.93. The van der Waals surface area contributed by atoms with Crippen molar-refractivity contribution in [2.45, 2.75) is 20.1 Å². The highest BCUT2D eigenvalue weighted by molar-refractivity contribution is 7.80. The summed E-state index contributed by atoms with van der Waals surface area (Å²) in [5.41, 5.74) is 2.93. The fraction of sp³-hybridized carbons (Fsp3) is 0.278. The number of nitrogens with zero attached hydrogens (tertiary/aromatic N) is 1. The van der Waals surface area contributed by atoms with Gasteiger partial charge in [-0.1, -0.05) is 23.8 Å². The Balaban J connectivity index is 2.02. The molecule has 0 aliphatic rings. The van der Waals surface area contributed by atoms with E-state index in [4.69, 9.17) is 17.0 Å². The molecule has 0 unspecified atom stereocenters. The molecule has 4 nitrogen and oxygen atoms in total. The third kappa shape index (κ3) is 5.56. The van der Waals surface area contributed by atoms with E-state index in [2.05, 4.69) is 10.1 Å². The minimum Gasteiger partial charge on any atom is -0.493 e. The summed E-state index contributed by atoms with van der Waals surface area (Å²) < 4.78 is 34.3. The van der Waals surface area contributed by atoms with Crippen molar-refractivity contribution in [3.8, 4) is 11.5 Å². The van der Waals surface area contributed by atoms with Gasteiger partial charge in [0.1, 0.15) is 0 Å². The van der Waals surface area contributed by atoms with Gasteiger partial charge in [0.25, 0.3) is 0 Å². The first-order valence-electron chi connectivity index (χ1n) is 7.59. The number of ether oxygens (including phenoxy) is 2. The molecule has 1 N–H and O–H groups in total. The maximum Gasteiger partial charge on any atom is 0.387 e. The van der Waals surface area contributed by atoms with Gasteiger partial charge in [0.2, 0.25) is 0 Å². The number of hydrogen-bond acceptors (Lipinski definition) is 3. The van der Waals surface area contributed by atoms with Gasteiger partial charge < -0.3 is 19.7 Å². The molecule has 0 fully saturated rings. The fourth-order valence-corrected chi connectivity index (χ4v) is 2.39. The van der Waals surface area contributed by atoms with Crippen LogP contribution in [-0.2, 0) is 6.54 Å². The highest BCUT2D eigenvalue weighted by Crippen LogP contribution is 2.29. The highest BCUT2D eigenvalue weighted by Gasteiger charge is 2.12. The van der Waals surface area contributed by atoms with Gasteiger partial charge in [-0.25, -0.2) is 0 Å². The van der Waals surface area contributed by atoms with E-state index in [-0.39, 0.29) is 11.5 Å². The summed E-state index contributed by atoms with van der Waals surface area (Å²) in [4.78, 5) is 1.84. The molecule has 0 saturated heterocycles. The molecular formula is C18H20F2N2O2S. The molecule has 0 aromatic heterocycles. The Hall–Kier alpha value is -2.41. The van der Waals surface area contributed by atoms with Crippen molar-refractivity contribution < 1.29 is 18.3 Å². The summed E-state index contributed by atoms with van der Waals surface area (Å²) in [5, 5.41) is 3.71. The van der Waals surface area contributed by atoms with Crippen molar-refractivity contribution in [2.24, 2.45) is 0 Å². The lowest BCUT2D eigenvalue weighted by molar-refractivity contribution is -0.0512. The molecule has 25 heavy (non-hydrogen) atoms. The molecule has 2 aromatic rings. The molecule has 0 heterocycles. The second kappa shape index (κ2) is 8.62. The van der Waals surface area contributed by atoms with Crippen LogP contribution in [0, 0.1) is 6.92 Å². The number of rotatable bonds is 6. The second-order valence-electron chi connectivity index (χ2n) is 5.52. The van der Waals surface area contributed by atoms with Crippen LogP contribution in [0.25, 0.3) is 0 Å². The molecule has 0 amide bonds. The lowest BCUT2D eigenvalue weighted by Crippen LogP contribution is -2.30. The lowest BCUT2D eigenvalue weighted by atomic mass is 10.2. The van der Waals surface area contributed by atoms with Gasteiger partial charge in [-0.05, 0) is 49.0 Å². The quantitative estimate of drug-likeness (QED) is 0.765. The van der Waals surface area contributed by atoms with E-state index < -0.39 is 6.61 Å². The first kappa shape index (κ1) is 18.9. The number of halogens is 2. The van der Waals surface area contributed by atoms with E-state index in [9.17, 15) is 8.78 Å². The first-order chi connectivity index (χ1) is 11.9. The maximum atomic E-state index is 12.4. The van der Waals surface area contributed by atoms with Crippen molar-refractivity contribution in [1.29, 1.82) is 0 Å². The topological polar surface area (TPSA) is 33.7 Å². The van der Waals surface area contributed by atoms with Crippen LogP contribution < -0.4 is 14.8 Å². The predicted octanol–water partition coefficient (Wildman–Crippen LogP) is 4.43. The molecule has 0 aliphatic heterocycles. The summed E-state index contributed by atoms with van der Waals surface area (Å²) in [5.74, 6) is 0.257. The average Bonchev–Trinajstić information content (AvgIpc) is 2.57. The Morgan fingerprint density at radius 3 is 2.44 bits per heavy atom. The summed E-state index contributed by atoms with van der Waals surface area (Å²) in [6, 6.07) is 12.7. The Morgan fingerprint density at radius 2 is 1.84 bits per heavy atom. The molecule has 0 radical (unpaired) electrons. The molecule has 0 aliphatic carbocycles. The number of thiocarbonyl (C=S) groups is 1. The fourth-order valence-electron chi connectivity index (χ4n) is 2.21. The zero-order valence-corrected chi connectivity index (χ0v) is 15.1. The van der Waals surface area contributed by atoms with Gasteiger partial charge in [0.15, 0.2) is 16.6 Å². The van der Waals surface area contributed by atoms with Crippen LogP contribution in [0.5, 0.6) is 11.5 Å². The molecule has 0 spiro atoms. The van der Waals surface area contributed by atoms with Gasteiger partial charge in [-0.3, -0.25) is 0 Å². The van der Waals surface area contributed by atoms with Crippen molar-refractivity contribution in [2.75, 3.05) is 19.5 Å². The number of alkyl halides is 2. The van der Waals surface area contributed by atoms with Crippen LogP contribution in [0.3, 0.4) is 0 Å². The number of benzene rings is 2. The number of anilines is 1. The zero-order valence-electron chi connectivity index (χ0n) is 14.3. The molecule has 2 aromatic carbocycles. The minimum absolute atomic E-state index is 0.00394. The summed E-state index contributed by atoms with van der Waals surface area (Å²) in [7, 11) is 3.25. The van der Waals surface area contributed by atoms with Crippen molar-refractivity contribution in [3.63, 3.8) is 0 Å². The zero-order chi connectivity index (χ0) is 18.4. The predicted molar refractivity (Wildman–Crippen MR) is 98.5 cm³/mol. The second-order valence-corrected chi connectivity index (χ2v) is 5.90. The van der Waals surface area contributed by atoms with Gasteiger partial charge in [-0.15, -0.1) is 0 Å². The minimum atomic E-state index is -2.89. The molecule has 2 rings (SSSR count). The lowest BCUT2D eigenvalue weighted by Gasteiger charge is -2.22. The number of methoxy groups -OCH3 is 1. The maximum absolute atomic E-state index is 12.4. The van der Waals surface area contributed by atoms with Gasteiger partial charge in [0, 0.05) is 19.3 Å². The normalized spacial score (nSPS) is 10.5. The summed E-state index contributed by atoms with van der Waals surface area (Å²) in [6.45, 7) is -0.389. The van der Waals surface area contributed by atoms with Crippen LogP contribution in [0.1, 0.15) is 11.1 Å². The number of aryl methyl sites for hydroxylation is 1. The largest absolute Gasteiger partial charge is 0.493 e. The van der Waals surface area contributed by atoms with E-state index in [1.807, 2.05) is 43.1 Å². The summed E-state index contributed by atoms with van der Waals surface area (Å²) in [6.07, 6.45) is 0. The van der Waals surface area contributed by atoms with E-state index in [1.165, 1.54) is 18.7 Å². The Morgan fingerprint density at radius 1 is 1.16 bits per heavy atom.